The molecule has 0 fully saturated rings. The van der Waals surface area contributed by atoms with E-state index in [0.29, 0.717) is 5.92 Å². The van der Waals surface area contributed by atoms with Crippen molar-refractivity contribution in [3.8, 4) is 17.0 Å². The molecule has 0 aliphatic rings. The molecular weight excluding hydrogens is 210 g/mol. The average molecular weight is 227 g/mol. The van der Waals surface area contributed by atoms with Crippen molar-refractivity contribution in [3.05, 3.63) is 48.2 Å². The zero-order chi connectivity index (χ0) is 12.3. The summed E-state index contributed by atoms with van der Waals surface area (Å²) < 4.78 is 5.25. The van der Waals surface area contributed by atoms with E-state index < -0.39 is 0 Å². The minimum atomic E-state index is 0.463. The zero-order valence-electron chi connectivity index (χ0n) is 10.5. The van der Waals surface area contributed by atoms with Crippen LogP contribution in [-0.4, -0.2) is 12.1 Å². The fourth-order valence-electron chi connectivity index (χ4n) is 1.90. The van der Waals surface area contributed by atoms with Crippen LogP contribution >= 0.6 is 0 Å². The maximum atomic E-state index is 5.25. The fourth-order valence-corrected chi connectivity index (χ4v) is 1.90. The van der Waals surface area contributed by atoms with Gasteiger partial charge in [0.2, 0.25) is 0 Å². The summed E-state index contributed by atoms with van der Waals surface area (Å²) in [5.74, 6) is 1.33. The third-order valence-electron chi connectivity index (χ3n) is 2.80. The molecule has 0 aliphatic heterocycles. The zero-order valence-corrected chi connectivity index (χ0v) is 10.5. The number of aromatic nitrogens is 1. The minimum absolute atomic E-state index is 0.463. The standard InChI is InChI=1S/C15H17NO/c1-11(2)14-8-5-9-16-15(14)12-6-4-7-13(10-12)17-3/h4-11H,1-3H3. The van der Waals surface area contributed by atoms with Gasteiger partial charge in [0.05, 0.1) is 12.8 Å². The van der Waals surface area contributed by atoms with Gasteiger partial charge in [0, 0.05) is 11.8 Å². The smallest absolute Gasteiger partial charge is 0.119 e. The summed E-state index contributed by atoms with van der Waals surface area (Å²) in [5, 5.41) is 0. The normalized spacial score (nSPS) is 10.6. The highest BCUT2D eigenvalue weighted by Crippen LogP contribution is 2.28. The summed E-state index contributed by atoms with van der Waals surface area (Å²) >= 11 is 0. The molecule has 17 heavy (non-hydrogen) atoms. The van der Waals surface area contributed by atoms with Gasteiger partial charge >= 0.3 is 0 Å². The van der Waals surface area contributed by atoms with Gasteiger partial charge in [-0.1, -0.05) is 32.0 Å². The summed E-state index contributed by atoms with van der Waals surface area (Å²) in [6, 6.07) is 12.1. The highest BCUT2D eigenvalue weighted by molar-refractivity contribution is 5.65. The van der Waals surface area contributed by atoms with Crippen molar-refractivity contribution in [2.24, 2.45) is 0 Å². The minimum Gasteiger partial charge on any atom is -0.497 e. The molecule has 1 heterocycles. The molecule has 2 aromatic rings. The fraction of sp³-hybridized carbons (Fsp3) is 0.267. The predicted octanol–water partition coefficient (Wildman–Crippen LogP) is 3.88. The van der Waals surface area contributed by atoms with E-state index in [1.807, 2.05) is 30.5 Å². The third-order valence-corrected chi connectivity index (χ3v) is 2.80. The molecule has 88 valence electrons. The van der Waals surface area contributed by atoms with Crippen LogP contribution < -0.4 is 4.74 Å². The van der Waals surface area contributed by atoms with Gasteiger partial charge < -0.3 is 4.74 Å². The maximum Gasteiger partial charge on any atom is 0.119 e. The van der Waals surface area contributed by atoms with E-state index in [4.69, 9.17) is 4.74 Å². The van der Waals surface area contributed by atoms with Crippen molar-refractivity contribution in [3.63, 3.8) is 0 Å². The Labute approximate surface area is 102 Å². The molecule has 1 aromatic heterocycles. The van der Waals surface area contributed by atoms with Crippen molar-refractivity contribution in [2.75, 3.05) is 7.11 Å². The van der Waals surface area contributed by atoms with Crippen LogP contribution in [-0.2, 0) is 0 Å². The molecule has 0 amide bonds. The first kappa shape index (κ1) is 11.6. The largest absolute Gasteiger partial charge is 0.497 e. The van der Waals surface area contributed by atoms with Gasteiger partial charge in [-0.05, 0) is 29.7 Å². The van der Waals surface area contributed by atoms with Crippen LogP contribution in [0.4, 0.5) is 0 Å². The summed E-state index contributed by atoms with van der Waals surface area (Å²) in [7, 11) is 1.68. The van der Waals surface area contributed by atoms with Crippen molar-refractivity contribution in [1.29, 1.82) is 0 Å². The lowest BCUT2D eigenvalue weighted by Gasteiger charge is -2.12. The average Bonchev–Trinajstić information content (AvgIpc) is 2.39. The maximum absolute atomic E-state index is 5.25. The van der Waals surface area contributed by atoms with E-state index in [-0.39, 0.29) is 0 Å². The van der Waals surface area contributed by atoms with E-state index >= 15 is 0 Å². The first-order valence-electron chi connectivity index (χ1n) is 5.81. The molecule has 0 saturated carbocycles. The third kappa shape index (κ3) is 2.47. The number of ether oxygens (including phenoxy) is 1. The van der Waals surface area contributed by atoms with Crippen molar-refractivity contribution in [2.45, 2.75) is 19.8 Å². The SMILES string of the molecule is COc1cccc(-c2ncccc2C(C)C)c1. The number of rotatable bonds is 3. The molecule has 0 saturated heterocycles. The van der Waals surface area contributed by atoms with Gasteiger partial charge in [0.15, 0.2) is 0 Å². The summed E-state index contributed by atoms with van der Waals surface area (Å²) in [5.41, 5.74) is 3.41. The van der Waals surface area contributed by atoms with Crippen LogP contribution in [0.5, 0.6) is 5.75 Å². The Morgan fingerprint density at radius 1 is 1.12 bits per heavy atom. The number of hydrogen-bond acceptors (Lipinski definition) is 2. The number of nitrogens with zero attached hydrogens (tertiary/aromatic N) is 1. The van der Waals surface area contributed by atoms with Gasteiger partial charge in [-0.2, -0.15) is 0 Å². The Balaban J connectivity index is 2.52. The van der Waals surface area contributed by atoms with Gasteiger partial charge in [-0.3, -0.25) is 4.98 Å². The summed E-state index contributed by atoms with van der Waals surface area (Å²) in [6.07, 6.45) is 1.83. The van der Waals surface area contributed by atoms with E-state index in [9.17, 15) is 0 Å². The second-order valence-corrected chi connectivity index (χ2v) is 4.33. The highest BCUT2D eigenvalue weighted by atomic mass is 16.5. The molecule has 0 radical (unpaired) electrons. The van der Waals surface area contributed by atoms with Crippen LogP contribution in [0.25, 0.3) is 11.3 Å². The summed E-state index contributed by atoms with van der Waals surface area (Å²) in [6.45, 7) is 4.36. The molecule has 2 heteroatoms. The Morgan fingerprint density at radius 2 is 1.94 bits per heavy atom. The Hall–Kier alpha value is -1.83. The number of pyridine rings is 1. The van der Waals surface area contributed by atoms with Crippen LogP contribution in [0.2, 0.25) is 0 Å². The lowest BCUT2D eigenvalue weighted by molar-refractivity contribution is 0.415. The number of methoxy groups -OCH3 is 1. The van der Waals surface area contributed by atoms with Gasteiger partial charge in [0.25, 0.3) is 0 Å². The number of benzene rings is 1. The molecule has 0 N–H and O–H groups in total. The topological polar surface area (TPSA) is 22.1 Å². The molecule has 0 atom stereocenters. The van der Waals surface area contributed by atoms with Crippen LogP contribution in [0.15, 0.2) is 42.6 Å². The van der Waals surface area contributed by atoms with Crippen molar-refractivity contribution >= 4 is 0 Å². The van der Waals surface area contributed by atoms with Crippen LogP contribution in [0, 0.1) is 0 Å². The van der Waals surface area contributed by atoms with Crippen molar-refractivity contribution < 1.29 is 4.74 Å². The van der Waals surface area contributed by atoms with E-state index in [0.717, 1.165) is 17.0 Å². The van der Waals surface area contributed by atoms with E-state index in [1.54, 1.807) is 7.11 Å². The Morgan fingerprint density at radius 3 is 2.65 bits per heavy atom. The van der Waals surface area contributed by atoms with Gasteiger partial charge in [-0.25, -0.2) is 0 Å². The monoisotopic (exact) mass is 227 g/mol. The summed E-state index contributed by atoms with van der Waals surface area (Å²) in [4.78, 5) is 4.49. The first-order valence-corrected chi connectivity index (χ1v) is 5.81. The van der Waals surface area contributed by atoms with Crippen molar-refractivity contribution in [1.82, 2.24) is 4.98 Å². The van der Waals surface area contributed by atoms with E-state index in [2.05, 4.69) is 31.0 Å². The molecule has 0 unspecified atom stereocenters. The molecule has 0 aliphatic carbocycles. The molecule has 1 aromatic carbocycles. The number of hydrogen-bond donors (Lipinski definition) is 0. The highest BCUT2D eigenvalue weighted by Gasteiger charge is 2.09. The molecule has 2 nitrogen and oxygen atoms in total. The lowest BCUT2D eigenvalue weighted by Crippen LogP contribution is -1.95. The van der Waals surface area contributed by atoms with Gasteiger partial charge in [0.1, 0.15) is 5.75 Å². The molecular formula is C15H17NO. The second kappa shape index (κ2) is 5.00. The first-order chi connectivity index (χ1) is 8.22. The van der Waals surface area contributed by atoms with Gasteiger partial charge in [-0.15, -0.1) is 0 Å². The predicted molar refractivity (Wildman–Crippen MR) is 70.3 cm³/mol. The molecule has 2 rings (SSSR count). The Kier molecular flexibility index (Phi) is 3.43. The van der Waals surface area contributed by atoms with Crippen LogP contribution in [0.3, 0.4) is 0 Å². The second-order valence-electron chi connectivity index (χ2n) is 4.33. The molecule has 0 bridgehead atoms. The molecule has 0 spiro atoms. The van der Waals surface area contributed by atoms with Crippen LogP contribution in [0.1, 0.15) is 25.3 Å². The van der Waals surface area contributed by atoms with E-state index in [1.165, 1.54) is 5.56 Å². The Bertz CT molecular complexity index is 506. The quantitative estimate of drug-likeness (QED) is 0.793. The lowest BCUT2D eigenvalue weighted by atomic mass is 9.97.